The molecule has 0 aliphatic heterocycles. The number of carbonyl (C=O) groups is 1. The molecule has 2 heterocycles. The Morgan fingerprint density at radius 2 is 2.04 bits per heavy atom. The number of hydrogen-bond acceptors (Lipinski definition) is 6. The Hall–Kier alpha value is -2.61. The maximum Gasteiger partial charge on any atom is 0.276 e. The first-order valence-electron chi connectivity index (χ1n) is 7.18. The van der Waals surface area contributed by atoms with Crippen molar-refractivity contribution in [3.63, 3.8) is 0 Å². The lowest BCUT2D eigenvalue weighted by Crippen LogP contribution is -2.12. The van der Waals surface area contributed by atoms with Crippen LogP contribution in [-0.2, 0) is 4.79 Å². The highest BCUT2D eigenvalue weighted by Crippen LogP contribution is 2.26. The summed E-state index contributed by atoms with van der Waals surface area (Å²) in [6.07, 6.45) is 1.83. The fraction of sp³-hybridized carbons (Fsp3) is 0.188. The van der Waals surface area contributed by atoms with Gasteiger partial charge in [-0.1, -0.05) is 11.8 Å². The van der Waals surface area contributed by atoms with Gasteiger partial charge in [0.05, 0.1) is 11.8 Å². The molecule has 8 heteroatoms. The number of aromatic nitrogens is 2. The summed E-state index contributed by atoms with van der Waals surface area (Å²) in [5.41, 5.74) is 1.31. The lowest BCUT2D eigenvalue weighted by molar-refractivity contribution is -0.115. The first-order valence-corrected chi connectivity index (χ1v) is 8.16. The summed E-state index contributed by atoms with van der Waals surface area (Å²) < 4.78 is 23.5. The third kappa shape index (κ3) is 4.02. The van der Waals surface area contributed by atoms with Gasteiger partial charge in [0.25, 0.3) is 11.1 Å². The quantitative estimate of drug-likeness (QED) is 0.681. The van der Waals surface area contributed by atoms with Crippen molar-refractivity contribution >= 4 is 23.4 Å². The summed E-state index contributed by atoms with van der Waals surface area (Å²) in [5.74, 6) is 1.07. The van der Waals surface area contributed by atoms with Crippen LogP contribution in [0.4, 0.5) is 10.1 Å². The highest BCUT2D eigenvalue weighted by atomic mass is 32.2. The van der Waals surface area contributed by atoms with Crippen molar-refractivity contribution in [3.8, 4) is 11.5 Å². The van der Waals surface area contributed by atoms with Crippen molar-refractivity contribution in [3.05, 3.63) is 48.2 Å². The maximum absolute atomic E-state index is 12.8. The van der Waals surface area contributed by atoms with Crippen molar-refractivity contribution in [2.75, 3.05) is 11.1 Å². The van der Waals surface area contributed by atoms with Crippen LogP contribution >= 0.6 is 11.8 Å². The van der Waals surface area contributed by atoms with Crippen LogP contribution in [0.25, 0.3) is 11.5 Å². The van der Waals surface area contributed by atoms with Crippen LogP contribution in [0.5, 0.6) is 0 Å². The Kier molecular flexibility index (Phi) is 4.95. The molecule has 6 nitrogen and oxygen atoms in total. The molecule has 1 amide bonds. The number of nitrogens with zero attached hydrogens (tertiary/aromatic N) is 2. The van der Waals surface area contributed by atoms with E-state index < -0.39 is 0 Å². The number of thioether (sulfide) groups is 1. The molecule has 0 fully saturated rings. The Balaban J connectivity index is 1.48. The molecular formula is C16H14FN3O3S. The van der Waals surface area contributed by atoms with E-state index in [1.165, 1.54) is 36.0 Å². The van der Waals surface area contributed by atoms with Gasteiger partial charge in [-0.2, -0.15) is 0 Å². The standard InChI is InChI=1S/C16H14FN3O3S/c1-10-13(6-8-22-10)15-19-20-16(23-15)24-9-7-14(21)18-12-4-2-11(17)3-5-12/h2-6,8H,7,9H2,1H3,(H,18,21). The van der Waals surface area contributed by atoms with Gasteiger partial charge in [0, 0.05) is 17.9 Å². The Morgan fingerprint density at radius 1 is 1.25 bits per heavy atom. The van der Waals surface area contributed by atoms with Crippen LogP contribution in [0.2, 0.25) is 0 Å². The summed E-state index contributed by atoms with van der Waals surface area (Å²) in [4.78, 5) is 11.8. The van der Waals surface area contributed by atoms with Gasteiger partial charge in [0.1, 0.15) is 11.6 Å². The number of amides is 1. The molecule has 2 aromatic heterocycles. The van der Waals surface area contributed by atoms with E-state index >= 15 is 0 Å². The molecule has 0 atom stereocenters. The van der Waals surface area contributed by atoms with Gasteiger partial charge in [-0.25, -0.2) is 4.39 Å². The zero-order chi connectivity index (χ0) is 16.9. The third-order valence-corrected chi connectivity index (χ3v) is 4.00. The normalized spacial score (nSPS) is 10.8. The Morgan fingerprint density at radius 3 is 2.75 bits per heavy atom. The highest BCUT2D eigenvalue weighted by molar-refractivity contribution is 7.99. The lowest BCUT2D eigenvalue weighted by Gasteiger charge is -2.03. The molecule has 0 saturated carbocycles. The third-order valence-electron chi connectivity index (χ3n) is 3.18. The fourth-order valence-electron chi connectivity index (χ4n) is 1.97. The van der Waals surface area contributed by atoms with Crippen LogP contribution in [0.15, 0.2) is 50.7 Å². The van der Waals surface area contributed by atoms with Crippen LogP contribution in [0.3, 0.4) is 0 Å². The molecule has 3 aromatic rings. The number of halogens is 1. The average molecular weight is 347 g/mol. The van der Waals surface area contributed by atoms with Gasteiger partial charge >= 0.3 is 0 Å². The van der Waals surface area contributed by atoms with Crippen molar-refractivity contribution in [1.82, 2.24) is 10.2 Å². The van der Waals surface area contributed by atoms with Crippen molar-refractivity contribution in [1.29, 1.82) is 0 Å². The summed E-state index contributed by atoms with van der Waals surface area (Å²) in [6.45, 7) is 1.81. The van der Waals surface area contributed by atoms with Crippen LogP contribution in [-0.4, -0.2) is 21.9 Å². The van der Waals surface area contributed by atoms with E-state index in [9.17, 15) is 9.18 Å². The van der Waals surface area contributed by atoms with E-state index in [1.807, 2.05) is 6.92 Å². The predicted octanol–water partition coefficient (Wildman–Crippen LogP) is 3.90. The minimum absolute atomic E-state index is 0.167. The first kappa shape index (κ1) is 16.3. The van der Waals surface area contributed by atoms with Crippen LogP contribution in [0, 0.1) is 12.7 Å². The largest absolute Gasteiger partial charge is 0.469 e. The van der Waals surface area contributed by atoms with Gasteiger partial charge in [0.2, 0.25) is 5.91 Å². The molecule has 0 unspecified atom stereocenters. The maximum atomic E-state index is 12.8. The van der Waals surface area contributed by atoms with Crippen molar-refractivity contribution in [2.24, 2.45) is 0 Å². The van der Waals surface area contributed by atoms with Gasteiger partial charge in [0.15, 0.2) is 0 Å². The highest BCUT2D eigenvalue weighted by Gasteiger charge is 2.13. The number of hydrogen-bond donors (Lipinski definition) is 1. The molecule has 0 saturated heterocycles. The van der Waals surface area contributed by atoms with E-state index in [0.29, 0.717) is 28.3 Å². The number of rotatable bonds is 6. The summed E-state index contributed by atoms with van der Waals surface area (Å²) >= 11 is 1.29. The number of carbonyl (C=O) groups excluding carboxylic acids is 1. The number of aryl methyl sites for hydroxylation is 1. The molecule has 1 N–H and O–H groups in total. The molecule has 3 rings (SSSR count). The Bertz CT molecular complexity index is 829. The minimum atomic E-state index is -0.344. The Labute approximate surface area is 141 Å². The number of anilines is 1. The second-order valence-electron chi connectivity index (χ2n) is 4.92. The monoisotopic (exact) mass is 347 g/mol. The zero-order valence-corrected chi connectivity index (χ0v) is 13.6. The van der Waals surface area contributed by atoms with E-state index in [1.54, 1.807) is 12.3 Å². The fourth-order valence-corrected chi connectivity index (χ4v) is 2.67. The van der Waals surface area contributed by atoms with E-state index in [-0.39, 0.29) is 18.1 Å². The van der Waals surface area contributed by atoms with Gasteiger partial charge in [-0.3, -0.25) is 4.79 Å². The summed E-state index contributed by atoms with van der Waals surface area (Å²) in [5, 5.41) is 11.0. The molecule has 24 heavy (non-hydrogen) atoms. The van der Waals surface area contributed by atoms with Gasteiger partial charge in [-0.15, -0.1) is 10.2 Å². The SMILES string of the molecule is Cc1occc1-c1nnc(SCCC(=O)Nc2ccc(F)cc2)o1. The molecule has 124 valence electrons. The van der Waals surface area contributed by atoms with E-state index in [0.717, 1.165) is 5.56 Å². The molecule has 1 aromatic carbocycles. The molecular weight excluding hydrogens is 333 g/mol. The van der Waals surface area contributed by atoms with E-state index in [4.69, 9.17) is 8.83 Å². The van der Waals surface area contributed by atoms with Crippen LogP contribution < -0.4 is 5.32 Å². The second-order valence-corrected chi connectivity index (χ2v) is 5.96. The number of furan rings is 1. The molecule has 0 spiro atoms. The van der Waals surface area contributed by atoms with Gasteiger partial charge in [-0.05, 0) is 37.3 Å². The van der Waals surface area contributed by atoms with Crippen LogP contribution in [0.1, 0.15) is 12.2 Å². The smallest absolute Gasteiger partial charge is 0.276 e. The average Bonchev–Trinajstić information content (AvgIpc) is 3.18. The van der Waals surface area contributed by atoms with E-state index in [2.05, 4.69) is 15.5 Å². The van der Waals surface area contributed by atoms with Gasteiger partial charge < -0.3 is 14.2 Å². The predicted molar refractivity (Wildman–Crippen MR) is 87.1 cm³/mol. The summed E-state index contributed by atoms with van der Waals surface area (Å²) in [7, 11) is 0. The lowest BCUT2D eigenvalue weighted by atomic mass is 10.3. The number of benzene rings is 1. The van der Waals surface area contributed by atoms with Crippen molar-refractivity contribution < 1.29 is 18.0 Å². The zero-order valence-electron chi connectivity index (χ0n) is 12.8. The topological polar surface area (TPSA) is 81.2 Å². The molecule has 0 bridgehead atoms. The minimum Gasteiger partial charge on any atom is -0.469 e. The number of nitrogens with one attached hydrogen (secondary N) is 1. The first-order chi connectivity index (χ1) is 11.6. The molecule has 0 aliphatic carbocycles. The van der Waals surface area contributed by atoms with Crippen molar-refractivity contribution in [2.45, 2.75) is 18.6 Å². The molecule has 0 radical (unpaired) electrons. The second kappa shape index (κ2) is 7.31. The molecule has 0 aliphatic rings. The summed E-state index contributed by atoms with van der Waals surface area (Å²) in [6, 6.07) is 7.37.